The van der Waals surface area contributed by atoms with Crippen molar-refractivity contribution in [2.75, 3.05) is 32.4 Å². The van der Waals surface area contributed by atoms with E-state index in [9.17, 15) is 13.2 Å². The predicted octanol–water partition coefficient (Wildman–Crippen LogP) is 2.08. The molecule has 1 amide bonds. The van der Waals surface area contributed by atoms with Crippen LogP contribution in [0, 0.1) is 0 Å². The lowest BCUT2D eigenvalue weighted by atomic mass is 10.1. The number of amides is 1. The number of sulfone groups is 1. The highest BCUT2D eigenvalue weighted by Gasteiger charge is 2.08. The molecule has 1 N–H and O–H groups in total. The molecule has 0 saturated carbocycles. The first kappa shape index (κ1) is 19.6. The van der Waals surface area contributed by atoms with E-state index in [1.54, 1.807) is 24.3 Å². The van der Waals surface area contributed by atoms with Crippen LogP contribution < -0.4 is 5.32 Å². The summed E-state index contributed by atoms with van der Waals surface area (Å²) in [6, 6.07) is 6.73. The molecule has 130 valence electrons. The Kier molecular flexibility index (Phi) is 8.26. The lowest BCUT2D eigenvalue weighted by molar-refractivity contribution is 0.0952. The fraction of sp³-hybridized carbons (Fsp3) is 0.588. The molecule has 0 aliphatic heterocycles. The smallest absolute Gasteiger partial charge is 0.251 e. The minimum atomic E-state index is -3.05. The second kappa shape index (κ2) is 9.67. The summed E-state index contributed by atoms with van der Waals surface area (Å²) in [6.45, 7) is 8.14. The van der Waals surface area contributed by atoms with Crippen LogP contribution in [0.3, 0.4) is 0 Å². The summed E-state index contributed by atoms with van der Waals surface area (Å²) in [7, 11) is -3.05. The first-order chi connectivity index (χ1) is 10.9. The molecule has 5 nitrogen and oxygen atoms in total. The largest absolute Gasteiger partial charge is 0.352 e. The van der Waals surface area contributed by atoms with Crippen LogP contribution >= 0.6 is 0 Å². The van der Waals surface area contributed by atoms with Crippen LogP contribution in [-0.2, 0) is 15.6 Å². The van der Waals surface area contributed by atoms with Crippen LogP contribution in [0.4, 0.5) is 0 Å². The van der Waals surface area contributed by atoms with Crippen LogP contribution in [0.5, 0.6) is 0 Å². The molecule has 0 radical (unpaired) electrons. The third kappa shape index (κ3) is 8.13. The minimum Gasteiger partial charge on any atom is -0.352 e. The molecule has 0 aliphatic carbocycles. The molecular formula is C17H28N2O3S. The van der Waals surface area contributed by atoms with Gasteiger partial charge in [0.1, 0.15) is 0 Å². The Hall–Kier alpha value is -1.40. The summed E-state index contributed by atoms with van der Waals surface area (Å²) in [5.74, 6) is -0.112. The molecule has 1 aromatic rings. The first-order valence-electron chi connectivity index (χ1n) is 8.13. The topological polar surface area (TPSA) is 66.5 Å². The van der Waals surface area contributed by atoms with Crippen LogP contribution in [0.2, 0.25) is 0 Å². The maximum absolute atomic E-state index is 12.0. The zero-order valence-corrected chi connectivity index (χ0v) is 15.2. The van der Waals surface area contributed by atoms with Gasteiger partial charge in [-0.05, 0) is 50.2 Å². The van der Waals surface area contributed by atoms with Crippen LogP contribution in [0.25, 0.3) is 0 Å². The Balaban J connectivity index is 2.35. The Labute approximate surface area is 140 Å². The SMILES string of the molecule is CCN(CC)CCCCNC(=O)c1ccc(CS(C)(=O)=O)cc1. The molecule has 0 aromatic heterocycles. The van der Waals surface area contributed by atoms with Crippen molar-refractivity contribution in [1.82, 2.24) is 10.2 Å². The lowest BCUT2D eigenvalue weighted by Gasteiger charge is -2.17. The highest BCUT2D eigenvalue weighted by Crippen LogP contribution is 2.08. The van der Waals surface area contributed by atoms with E-state index in [1.165, 1.54) is 6.26 Å². The highest BCUT2D eigenvalue weighted by atomic mass is 32.2. The summed E-state index contributed by atoms with van der Waals surface area (Å²) in [4.78, 5) is 14.4. The molecule has 6 heteroatoms. The third-order valence-corrected chi connectivity index (χ3v) is 4.58. The summed E-state index contributed by atoms with van der Waals surface area (Å²) in [5, 5.41) is 2.90. The van der Waals surface area contributed by atoms with Gasteiger partial charge in [-0.3, -0.25) is 4.79 Å². The molecule has 0 spiro atoms. The van der Waals surface area contributed by atoms with Gasteiger partial charge in [-0.1, -0.05) is 26.0 Å². The first-order valence-corrected chi connectivity index (χ1v) is 10.2. The van der Waals surface area contributed by atoms with Crippen LogP contribution in [-0.4, -0.2) is 51.7 Å². The standard InChI is InChI=1S/C17H28N2O3S/c1-4-19(5-2)13-7-6-12-18-17(20)16-10-8-15(9-11-16)14-23(3,21)22/h8-11H,4-7,12-14H2,1-3H3,(H,18,20). The second-order valence-electron chi connectivity index (χ2n) is 5.76. The second-order valence-corrected chi connectivity index (χ2v) is 7.90. The number of nitrogens with one attached hydrogen (secondary N) is 1. The highest BCUT2D eigenvalue weighted by molar-refractivity contribution is 7.89. The fourth-order valence-corrected chi connectivity index (χ4v) is 3.16. The molecule has 23 heavy (non-hydrogen) atoms. The Bertz CT molecular complexity index is 578. The molecule has 0 unspecified atom stereocenters. The molecule has 0 fully saturated rings. The van der Waals surface area contributed by atoms with Crippen molar-refractivity contribution in [3.63, 3.8) is 0 Å². The molecule has 1 rings (SSSR count). The van der Waals surface area contributed by atoms with Crippen molar-refractivity contribution in [3.8, 4) is 0 Å². The molecule has 0 bridgehead atoms. The summed E-state index contributed by atoms with van der Waals surface area (Å²) < 4.78 is 22.5. The van der Waals surface area contributed by atoms with Crippen LogP contribution in [0.15, 0.2) is 24.3 Å². The normalized spacial score (nSPS) is 11.7. The van der Waals surface area contributed by atoms with Crippen molar-refractivity contribution in [2.45, 2.75) is 32.4 Å². The zero-order valence-electron chi connectivity index (χ0n) is 14.3. The summed E-state index contributed by atoms with van der Waals surface area (Å²) in [5.41, 5.74) is 1.26. The number of hydrogen-bond donors (Lipinski definition) is 1. The van der Waals surface area contributed by atoms with Crippen molar-refractivity contribution in [1.29, 1.82) is 0 Å². The number of unbranched alkanes of at least 4 members (excludes halogenated alkanes) is 1. The third-order valence-electron chi connectivity index (χ3n) is 3.73. The number of hydrogen-bond acceptors (Lipinski definition) is 4. The fourth-order valence-electron chi connectivity index (χ4n) is 2.36. The molecule has 1 aromatic carbocycles. The molecule has 0 aliphatic rings. The quantitative estimate of drug-likeness (QED) is 0.662. The number of carbonyl (C=O) groups excluding carboxylic acids is 1. The minimum absolute atomic E-state index is 0.000254. The van der Waals surface area contributed by atoms with E-state index < -0.39 is 9.84 Å². The van der Waals surface area contributed by atoms with E-state index >= 15 is 0 Å². The van der Waals surface area contributed by atoms with Gasteiger partial charge in [-0.25, -0.2) is 8.42 Å². The number of benzene rings is 1. The lowest BCUT2D eigenvalue weighted by Crippen LogP contribution is -2.27. The van der Waals surface area contributed by atoms with Gasteiger partial charge in [0.05, 0.1) is 5.75 Å². The van der Waals surface area contributed by atoms with Gasteiger partial charge >= 0.3 is 0 Å². The molecule has 0 heterocycles. The van der Waals surface area contributed by atoms with Crippen molar-refractivity contribution in [2.24, 2.45) is 0 Å². The number of carbonyl (C=O) groups is 1. The van der Waals surface area contributed by atoms with E-state index in [4.69, 9.17) is 0 Å². The van der Waals surface area contributed by atoms with E-state index in [0.29, 0.717) is 17.7 Å². The van der Waals surface area contributed by atoms with E-state index in [-0.39, 0.29) is 11.7 Å². The van der Waals surface area contributed by atoms with Crippen molar-refractivity contribution >= 4 is 15.7 Å². The Morgan fingerprint density at radius 1 is 1.09 bits per heavy atom. The van der Waals surface area contributed by atoms with Crippen molar-refractivity contribution < 1.29 is 13.2 Å². The van der Waals surface area contributed by atoms with Gasteiger partial charge < -0.3 is 10.2 Å². The van der Waals surface area contributed by atoms with Gasteiger partial charge in [-0.2, -0.15) is 0 Å². The summed E-state index contributed by atoms with van der Waals surface area (Å²) >= 11 is 0. The summed E-state index contributed by atoms with van der Waals surface area (Å²) in [6.07, 6.45) is 3.22. The average molecular weight is 340 g/mol. The maximum Gasteiger partial charge on any atom is 0.251 e. The molecular weight excluding hydrogens is 312 g/mol. The van der Waals surface area contributed by atoms with Gasteiger partial charge in [0, 0.05) is 18.4 Å². The number of rotatable bonds is 10. The average Bonchev–Trinajstić information content (AvgIpc) is 2.50. The Morgan fingerprint density at radius 3 is 2.22 bits per heavy atom. The van der Waals surface area contributed by atoms with Gasteiger partial charge in [-0.15, -0.1) is 0 Å². The zero-order chi connectivity index (χ0) is 17.3. The van der Waals surface area contributed by atoms with Gasteiger partial charge in [0.15, 0.2) is 9.84 Å². The van der Waals surface area contributed by atoms with Crippen molar-refractivity contribution in [3.05, 3.63) is 35.4 Å². The monoisotopic (exact) mass is 340 g/mol. The van der Waals surface area contributed by atoms with E-state index in [2.05, 4.69) is 24.1 Å². The van der Waals surface area contributed by atoms with E-state index in [1.807, 2.05) is 0 Å². The van der Waals surface area contributed by atoms with Crippen LogP contribution in [0.1, 0.15) is 42.6 Å². The predicted molar refractivity (Wildman–Crippen MR) is 94.3 cm³/mol. The Morgan fingerprint density at radius 2 is 1.70 bits per heavy atom. The maximum atomic E-state index is 12.0. The number of nitrogens with zero attached hydrogens (tertiary/aromatic N) is 1. The van der Waals surface area contributed by atoms with Gasteiger partial charge in [0.2, 0.25) is 0 Å². The van der Waals surface area contributed by atoms with Gasteiger partial charge in [0.25, 0.3) is 5.91 Å². The molecule has 0 atom stereocenters. The molecule has 0 saturated heterocycles. The van der Waals surface area contributed by atoms with E-state index in [0.717, 1.165) is 32.5 Å².